The Hall–Kier alpha value is -3.53. The Bertz CT molecular complexity index is 1210. The normalized spacial score (nSPS) is 11.7. The van der Waals surface area contributed by atoms with Gasteiger partial charge in [-0.3, -0.25) is 9.89 Å². The Kier molecular flexibility index (Phi) is 4.42. The highest BCUT2D eigenvalue weighted by molar-refractivity contribution is 6.30. The first-order chi connectivity index (χ1) is 13.7. The van der Waals surface area contributed by atoms with E-state index in [0.717, 1.165) is 6.20 Å². The largest absolute Gasteiger partial charge is 0.508 e. The molecule has 0 aliphatic heterocycles. The molecule has 0 radical (unpaired) electrons. The summed E-state index contributed by atoms with van der Waals surface area (Å²) in [4.78, 5) is 12.6. The van der Waals surface area contributed by atoms with Crippen molar-refractivity contribution < 1.29 is 23.1 Å². The fourth-order valence-corrected chi connectivity index (χ4v) is 2.97. The molecule has 2 aromatic heterocycles. The molecule has 11 heteroatoms. The molecule has 0 spiro atoms. The van der Waals surface area contributed by atoms with Crippen LogP contribution < -0.4 is 5.32 Å². The number of rotatable bonds is 3. The number of alkyl halides is 3. The van der Waals surface area contributed by atoms with E-state index >= 15 is 0 Å². The maximum absolute atomic E-state index is 13.7. The van der Waals surface area contributed by atoms with Crippen LogP contribution in [0, 0.1) is 0 Å². The molecule has 0 fully saturated rings. The van der Waals surface area contributed by atoms with Gasteiger partial charge in [0.15, 0.2) is 11.5 Å². The minimum atomic E-state index is -4.84. The van der Waals surface area contributed by atoms with Crippen molar-refractivity contribution >= 4 is 34.2 Å². The van der Waals surface area contributed by atoms with Crippen molar-refractivity contribution in [1.82, 2.24) is 20.0 Å². The van der Waals surface area contributed by atoms with Gasteiger partial charge in [-0.25, -0.2) is 4.68 Å². The number of aromatic amines is 1. The van der Waals surface area contributed by atoms with Crippen LogP contribution in [0.25, 0.3) is 16.6 Å². The molecule has 4 aromatic rings. The highest BCUT2D eigenvalue weighted by Crippen LogP contribution is 2.34. The maximum Gasteiger partial charge on any atom is 0.434 e. The lowest BCUT2D eigenvalue weighted by Gasteiger charge is -2.12. The molecule has 0 aliphatic rings. The summed E-state index contributed by atoms with van der Waals surface area (Å²) in [5, 5.41) is 22.8. The molecule has 0 aliphatic carbocycles. The zero-order valence-corrected chi connectivity index (χ0v) is 15.1. The number of phenols is 1. The molecular formula is C18H11ClF3N5O2. The lowest BCUT2D eigenvalue weighted by molar-refractivity contribution is -0.143. The lowest BCUT2D eigenvalue weighted by atomic mass is 10.2. The summed E-state index contributed by atoms with van der Waals surface area (Å²) in [5.74, 6) is -1.03. The fraction of sp³-hybridized carbons (Fsp3) is 0.0556. The summed E-state index contributed by atoms with van der Waals surface area (Å²) >= 11 is 5.78. The Morgan fingerprint density at radius 1 is 1.17 bits per heavy atom. The predicted molar refractivity (Wildman–Crippen MR) is 99.3 cm³/mol. The number of nitrogens with zero attached hydrogens (tertiary/aromatic N) is 3. The van der Waals surface area contributed by atoms with Crippen LogP contribution in [0.3, 0.4) is 0 Å². The van der Waals surface area contributed by atoms with Crippen molar-refractivity contribution in [3.05, 3.63) is 64.9 Å². The van der Waals surface area contributed by atoms with E-state index < -0.39 is 23.3 Å². The number of hydrogen-bond donors (Lipinski definition) is 3. The highest BCUT2D eigenvalue weighted by atomic mass is 35.5. The quantitative estimate of drug-likeness (QED) is 0.457. The van der Waals surface area contributed by atoms with Gasteiger partial charge in [-0.05, 0) is 36.4 Å². The molecule has 4 rings (SSSR count). The number of carbonyl (C=O) groups is 1. The van der Waals surface area contributed by atoms with E-state index in [1.807, 2.05) is 0 Å². The van der Waals surface area contributed by atoms with E-state index in [4.69, 9.17) is 11.6 Å². The van der Waals surface area contributed by atoms with Crippen molar-refractivity contribution in [2.45, 2.75) is 6.18 Å². The number of phenolic OH excluding ortho intramolecular Hbond substituents is 1. The van der Waals surface area contributed by atoms with E-state index in [1.165, 1.54) is 42.5 Å². The first-order valence-electron chi connectivity index (χ1n) is 8.13. The number of halogens is 4. The number of anilines is 1. The Balaban J connectivity index is 1.74. The van der Waals surface area contributed by atoms with Crippen molar-refractivity contribution in [1.29, 1.82) is 0 Å². The number of H-pyrrole nitrogens is 1. The zero-order valence-electron chi connectivity index (χ0n) is 14.3. The summed E-state index contributed by atoms with van der Waals surface area (Å²) in [6.07, 6.45) is -4.00. The molecule has 3 N–H and O–H groups in total. The van der Waals surface area contributed by atoms with Gasteiger partial charge < -0.3 is 10.4 Å². The van der Waals surface area contributed by atoms with Gasteiger partial charge >= 0.3 is 6.18 Å². The molecule has 0 saturated carbocycles. The number of aromatic nitrogens is 4. The Labute approximate surface area is 165 Å². The molecule has 29 heavy (non-hydrogen) atoms. The van der Waals surface area contributed by atoms with Crippen molar-refractivity contribution in [2.75, 3.05) is 5.32 Å². The van der Waals surface area contributed by atoms with Crippen molar-refractivity contribution in [3.8, 4) is 11.4 Å². The molecule has 0 saturated heterocycles. The first-order valence-corrected chi connectivity index (χ1v) is 8.51. The molecule has 2 aromatic carbocycles. The molecule has 0 unspecified atom stereocenters. The minimum Gasteiger partial charge on any atom is -0.508 e. The Morgan fingerprint density at radius 2 is 1.90 bits per heavy atom. The van der Waals surface area contributed by atoms with Gasteiger partial charge in [0, 0.05) is 16.5 Å². The molecule has 0 bridgehead atoms. The first kappa shape index (κ1) is 18.8. The maximum atomic E-state index is 13.7. The third-order valence-corrected chi connectivity index (χ3v) is 4.38. The van der Waals surface area contributed by atoms with E-state index in [9.17, 15) is 23.1 Å². The fourth-order valence-electron chi connectivity index (χ4n) is 2.84. The number of hydrogen-bond acceptors (Lipinski definition) is 4. The van der Waals surface area contributed by atoms with E-state index in [0.29, 0.717) is 20.6 Å². The smallest absolute Gasteiger partial charge is 0.434 e. The number of aromatic hydroxyl groups is 1. The predicted octanol–water partition coefficient (Wildman–Crippen LogP) is 4.38. The van der Waals surface area contributed by atoms with Crippen LogP contribution in [-0.2, 0) is 6.18 Å². The van der Waals surface area contributed by atoms with E-state index in [-0.39, 0.29) is 17.3 Å². The van der Waals surface area contributed by atoms with E-state index in [1.54, 1.807) is 0 Å². The highest BCUT2D eigenvalue weighted by Gasteiger charge is 2.40. The van der Waals surface area contributed by atoms with E-state index in [2.05, 4.69) is 20.6 Å². The second kappa shape index (κ2) is 6.82. The van der Waals surface area contributed by atoms with Crippen LogP contribution in [0.5, 0.6) is 5.75 Å². The van der Waals surface area contributed by atoms with Crippen LogP contribution in [0.2, 0.25) is 5.02 Å². The molecule has 7 nitrogen and oxygen atoms in total. The third-order valence-electron chi connectivity index (χ3n) is 4.13. The second-order valence-corrected chi connectivity index (χ2v) is 6.49. The third kappa shape index (κ3) is 3.49. The SMILES string of the molecule is O=C(Nc1n[nH]c2cc(O)ccc12)c1cnn(-c2ccc(Cl)cc2)c1C(F)(F)F. The van der Waals surface area contributed by atoms with Crippen LogP contribution in [-0.4, -0.2) is 31.0 Å². The molecule has 2 heterocycles. The summed E-state index contributed by atoms with van der Waals surface area (Å²) in [6, 6.07) is 9.78. The summed E-state index contributed by atoms with van der Waals surface area (Å²) < 4.78 is 41.8. The molecule has 148 valence electrons. The van der Waals surface area contributed by atoms with Gasteiger partial charge in [0.1, 0.15) is 5.75 Å². The van der Waals surface area contributed by atoms with Crippen molar-refractivity contribution in [2.24, 2.45) is 0 Å². The standard InChI is InChI=1S/C18H11ClF3N5O2/c19-9-1-3-10(4-2-9)27-15(18(20,21)22)13(8-23-27)17(29)24-16-12-6-5-11(28)7-14(12)25-26-16/h1-8,28H,(H2,24,25,26,29). The molecule has 0 atom stereocenters. The van der Waals surface area contributed by atoms with Gasteiger partial charge in [-0.2, -0.15) is 23.4 Å². The van der Waals surface area contributed by atoms with Crippen LogP contribution in [0.4, 0.5) is 19.0 Å². The number of benzene rings is 2. The van der Waals surface area contributed by atoms with Crippen molar-refractivity contribution in [3.63, 3.8) is 0 Å². The summed E-state index contributed by atoms with van der Waals surface area (Å²) in [6.45, 7) is 0. The Morgan fingerprint density at radius 3 is 2.59 bits per heavy atom. The van der Waals surface area contributed by atoms with Crippen LogP contribution in [0.1, 0.15) is 16.1 Å². The van der Waals surface area contributed by atoms with Crippen LogP contribution in [0.15, 0.2) is 48.7 Å². The number of amides is 1. The summed E-state index contributed by atoms with van der Waals surface area (Å²) in [7, 11) is 0. The molecular weight excluding hydrogens is 411 g/mol. The topological polar surface area (TPSA) is 95.8 Å². The molecule has 1 amide bonds. The average molecular weight is 422 g/mol. The van der Waals surface area contributed by atoms with Crippen LogP contribution >= 0.6 is 11.6 Å². The van der Waals surface area contributed by atoms with Gasteiger partial charge in [0.05, 0.1) is 23.0 Å². The monoisotopic (exact) mass is 421 g/mol. The average Bonchev–Trinajstić information content (AvgIpc) is 3.26. The number of nitrogens with one attached hydrogen (secondary N) is 2. The number of fused-ring (bicyclic) bond motifs is 1. The second-order valence-electron chi connectivity index (χ2n) is 6.05. The zero-order chi connectivity index (χ0) is 20.8. The summed E-state index contributed by atoms with van der Waals surface area (Å²) in [5.41, 5.74) is -1.38. The minimum absolute atomic E-state index is 0.0253. The van der Waals surface area contributed by atoms with Gasteiger partial charge in [-0.1, -0.05) is 11.6 Å². The van der Waals surface area contributed by atoms with Gasteiger partial charge in [0.25, 0.3) is 5.91 Å². The lowest BCUT2D eigenvalue weighted by Crippen LogP contribution is -2.21. The van der Waals surface area contributed by atoms with Gasteiger partial charge in [0.2, 0.25) is 0 Å². The number of carbonyl (C=O) groups excluding carboxylic acids is 1. The van der Waals surface area contributed by atoms with Gasteiger partial charge in [-0.15, -0.1) is 0 Å².